The molecule has 0 spiro atoms. The van der Waals surface area contributed by atoms with E-state index in [1.165, 1.54) is 6.07 Å². The van der Waals surface area contributed by atoms with Crippen LogP contribution in [-0.4, -0.2) is 49.4 Å². The van der Waals surface area contributed by atoms with Crippen molar-refractivity contribution in [3.8, 4) is 11.5 Å². The number of carbonyl (C=O) groups excluding carboxylic acids is 2. The van der Waals surface area contributed by atoms with Crippen LogP contribution in [0.15, 0.2) is 35.7 Å². The molecule has 33 heavy (non-hydrogen) atoms. The van der Waals surface area contributed by atoms with Crippen molar-refractivity contribution in [3.05, 3.63) is 46.3 Å². The largest absolute Gasteiger partial charge is 0.490 e. The smallest absolute Gasteiger partial charge is 0.341 e. The van der Waals surface area contributed by atoms with Crippen LogP contribution in [-0.2, 0) is 23.9 Å². The molecule has 1 aromatic carbocycles. The fourth-order valence-corrected chi connectivity index (χ4v) is 3.92. The SMILES string of the molecule is C=C1NC(C)=C(C(=O)OCC)C(c2cc(Cl)c(OCC(=O)O)c(OCC)c2)C1C(=O)OCC. The maximum Gasteiger partial charge on any atom is 0.341 e. The summed E-state index contributed by atoms with van der Waals surface area (Å²) in [4.78, 5) is 36.8. The van der Waals surface area contributed by atoms with Crippen LogP contribution >= 0.6 is 11.6 Å². The number of hydrogen-bond acceptors (Lipinski definition) is 8. The van der Waals surface area contributed by atoms with E-state index in [4.69, 9.17) is 35.7 Å². The first-order valence-corrected chi connectivity index (χ1v) is 10.8. The first-order valence-electron chi connectivity index (χ1n) is 10.5. The molecule has 10 heteroatoms. The van der Waals surface area contributed by atoms with Gasteiger partial charge in [0.25, 0.3) is 0 Å². The summed E-state index contributed by atoms with van der Waals surface area (Å²) in [5.74, 6) is -3.94. The zero-order valence-electron chi connectivity index (χ0n) is 19.0. The quantitative estimate of drug-likeness (QED) is 0.484. The van der Waals surface area contributed by atoms with E-state index in [-0.39, 0.29) is 41.9 Å². The summed E-state index contributed by atoms with van der Waals surface area (Å²) in [5.41, 5.74) is 1.50. The topological polar surface area (TPSA) is 120 Å². The maximum absolute atomic E-state index is 12.9. The fraction of sp³-hybridized carbons (Fsp3) is 0.435. The Hall–Kier alpha value is -3.20. The zero-order valence-corrected chi connectivity index (χ0v) is 19.8. The predicted molar refractivity (Wildman–Crippen MR) is 120 cm³/mol. The molecule has 1 aromatic rings. The van der Waals surface area contributed by atoms with Gasteiger partial charge in [0.15, 0.2) is 18.1 Å². The van der Waals surface area contributed by atoms with Gasteiger partial charge in [-0.1, -0.05) is 18.2 Å². The minimum absolute atomic E-state index is 0.0449. The maximum atomic E-state index is 12.9. The van der Waals surface area contributed by atoms with Gasteiger partial charge < -0.3 is 29.4 Å². The van der Waals surface area contributed by atoms with Gasteiger partial charge in [0.2, 0.25) is 0 Å². The van der Waals surface area contributed by atoms with Gasteiger partial charge in [-0.15, -0.1) is 0 Å². The summed E-state index contributed by atoms with van der Waals surface area (Å²) >= 11 is 6.44. The van der Waals surface area contributed by atoms with Gasteiger partial charge in [0.05, 0.1) is 30.4 Å². The first kappa shape index (κ1) is 26.1. The summed E-state index contributed by atoms with van der Waals surface area (Å²) in [6, 6.07) is 3.07. The monoisotopic (exact) mass is 481 g/mol. The number of carboxylic acids is 1. The highest BCUT2D eigenvalue weighted by Crippen LogP contribution is 2.46. The molecule has 180 valence electrons. The summed E-state index contributed by atoms with van der Waals surface area (Å²) in [6.45, 7) is 10.6. The molecule has 0 radical (unpaired) electrons. The van der Waals surface area contributed by atoms with Gasteiger partial charge in [0, 0.05) is 17.3 Å². The van der Waals surface area contributed by atoms with E-state index >= 15 is 0 Å². The molecule has 2 rings (SSSR count). The second-order valence-electron chi connectivity index (χ2n) is 7.06. The Labute approximate surface area is 197 Å². The Morgan fingerprint density at radius 1 is 1.09 bits per heavy atom. The van der Waals surface area contributed by atoms with Gasteiger partial charge in [-0.05, 0) is 45.4 Å². The van der Waals surface area contributed by atoms with E-state index in [1.54, 1.807) is 33.8 Å². The number of allylic oxidation sites excluding steroid dienone is 1. The van der Waals surface area contributed by atoms with E-state index in [1.807, 2.05) is 0 Å². The van der Waals surface area contributed by atoms with Crippen molar-refractivity contribution in [3.63, 3.8) is 0 Å². The van der Waals surface area contributed by atoms with Crippen LogP contribution < -0.4 is 14.8 Å². The molecule has 0 amide bonds. The van der Waals surface area contributed by atoms with Crippen molar-refractivity contribution in [2.45, 2.75) is 33.6 Å². The second kappa shape index (κ2) is 11.6. The highest BCUT2D eigenvalue weighted by molar-refractivity contribution is 6.32. The highest BCUT2D eigenvalue weighted by atomic mass is 35.5. The fourth-order valence-electron chi connectivity index (χ4n) is 3.65. The number of carbonyl (C=O) groups is 3. The summed E-state index contributed by atoms with van der Waals surface area (Å²) < 4.78 is 21.4. The number of ether oxygens (including phenoxy) is 4. The lowest BCUT2D eigenvalue weighted by atomic mass is 9.75. The second-order valence-corrected chi connectivity index (χ2v) is 7.47. The molecule has 0 bridgehead atoms. The number of hydrogen-bond donors (Lipinski definition) is 2. The summed E-state index contributed by atoms with van der Waals surface area (Å²) in [7, 11) is 0. The number of halogens is 1. The number of carboxylic acid groups (broad SMARTS) is 1. The van der Waals surface area contributed by atoms with Crippen molar-refractivity contribution >= 4 is 29.5 Å². The average Bonchev–Trinajstić information content (AvgIpc) is 2.72. The molecule has 9 nitrogen and oxygen atoms in total. The number of rotatable bonds is 10. The lowest BCUT2D eigenvalue weighted by Gasteiger charge is -2.35. The van der Waals surface area contributed by atoms with E-state index in [0.29, 0.717) is 17.0 Å². The molecule has 2 unspecified atom stereocenters. The van der Waals surface area contributed by atoms with Crippen LogP contribution in [0, 0.1) is 5.92 Å². The van der Waals surface area contributed by atoms with Gasteiger partial charge >= 0.3 is 17.9 Å². The molecule has 2 atom stereocenters. The molecule has 1 heterocycles. The lowest BCUT2D eigenvalue weighted by molar-refractivity contribution is -0.147. The Morgan fingerprint density at radius 2 is 1.76 bits per heavy atom. The molecule has 2 N–H and O–H groups in total. The predicted octanol–water partition coefficient (Wildman–Crippen LogP) is 3.42. The third-order valence-corrected chi connectivity index (χ3v) is 5.12. The average molecular weight is 482 g/mol. The molecule has 0 fully saturated rings. The molecule has 0 saturated carbocycles. The third kappa shape index (κ3) is 5.98. The molecule has 0 aromatic heterocycles. The van der Waals surface area contributed by atoms with Crippen molar-refractivity contribution < 1.29 is 38.4 Å². The molecule has 1 aliphatic rings. The number of benzene rings is 1. The number of aliphatic carboxylic acids is 1. The van der Waals surface area contributed by atoms with Crippen LogP contribution in [0.3, 0.4) is 0 Å². The van der Waals surface area contributed by atoms with Crippen LogP contribution in [0.5, 0.6) is 11.5 Å². The van der Waals surface area contributed by atoms with Gasteiger partial charge in [-0.25, -0.2) is 9.59 Å². The third-order valence-electron chi connectivity index (χ3n) is 4.84. The first-order chi connectivity index (χ1) is 15.7. The highest BCUT2D eigenvalue weighted by Gasteiger charge is 2.43. The number of esters is 2. The van der Waals surface area contributed by atoms with E-state index in [0.717, 1.165) is 0 Å². The molecular formula is C23H28ClNO8. The zero-order chi connectivity index (χ0) is 24.7. The minimum Gasteiger partial charge on any atom is -0.490 e. The Balaban J connectivity index is 2.72. The van der Waals surface area contributed by atoms with Crippen LogP contribution in [0.25, 0.3) is 0 Å². The lowest BCUT2D eigenvalue weighted by Crippen LogP contribution is -2.39. The van der Waals surface area contributed by atoms with Crippen molar-refractivity contribution in [2.75, 3.05) is 26.4 Å². The molecule has 0 aliphatic carbocycles. The summed E-state index contributed by atoms with van der Waals surface area (Å²) in [5, 5.41) is 12.0. The van der Waals surface area contributed by atoms with E-state index in [9.17, 15) is 14.4 Å². The van der Waals surface area contributed by atoms with Crippen molar-refractivity contribution in [1.29, 1.82) is 0 Å². The van der Waals surface area contributed by atoms with Crippen molar-refractivity contribution in [2.24, 2.45) is 5.92 Å². The van der Waals surface area contributed by atoms with Crippen LogP contribution in [0.4, 0.5) is 0 Å². The van der Waals surface area contributed by atoms with Crippen LogP contribution in [0.2, 0.25) is 5.02 Å². The Bertz CT molecular complexity index is 971. The minimum atomic E-state index is -1.18. The molecule has 0 saturated heterocycles. The normalized spacial score (nSPS) is 17.8. The van der Waals surface area contributed by atoms with Gasteiger partial charge in [-0.2, -0.15) is 0 Å². The Morgan fingerprint density at radius 3 is 2.33 bits per heavy atom. The summed E-state index contributed by atoms with van der Waals surface area (Å²) in [6.07, 6.45) is 0. The van der Waals surface area contributed by atoms with Crippen molar-refractivity contribution in [1.82, 2.24) is 5.32 Å². The van der Waals surface area contributed by atoms with E-state index < -0.39 is 36.4 Å². The standard InChI is InChI=1S/C23H28ClNO8/c1-6-30-16-10-14(9-15(24)21(16)33-11-17(26)27)20-18(22(28)31-7-2)12(4)25-13(5)19(20)23(29)32-8-3/h9-10,18,20,25H,4,6-8,11H2,1-3,5H3,(H,26,27). The van der Waals surface area contributed by atoms with Gasteiger partial charge in [0.1, 0.15) is 5.92 Å². The van der Waals surface area contributed by atoms with E-state index in [2.05, 4.69) is 11.9 Å². The van der Waals surface area contributed by atoms with Crippen LogP contribution in [0.1, 0.15) is 39.2 Å². The van der Waals surface area contributed by atoms with Gasteiger partial charge in [-0.3, -0.25) is 4.79 Å². The molecule has 1 aliphatic heterocycles. The Kier molecular flexibility index (Phi) is 9.16. The molecular weight excluding hydrogens is 454 g/mol. The number of nitrogens with one attached hydrogen (secondary N) is 1.